The Labute approximate surface area is 79.0 Å². The Morgan fingerprint density at radius 1 is 1.36 bits per heavy atom. The fraction of sp³-hybridized carbons (Fsp3) is 0.500. The van der Waals surface area contributed by atoms with Gasteiger partial charge in [0.2, 0.25) is 5.91 Å². The van der Waals surface area contributed by atoms with Gasteiger partial charge in [-0.25, -0.2) is 10.3 Å². The van der Waals surface area contributed by atoms with Gasteiger partial charge in [-0.2, -0.15) is 0 Å². The maximum atomic E-state index is 10.8. The molecule has 0 spiro atoms. The highest BCUT2D eigenvalue weighted by Gasteiger charge is 2.14. The molecule has 0 aliphatic heterocycles. The van der Waals surface area contributed by atoms with Crippen LogP contribution in [0, 0.1) is 0 Å². The molecule has 0 bridgehead atoms. The number of rotatable bonds is 4. The van der Waals surface area contributed by atoms with Crippen LogP contribution in [0.4, 0.5) is 4.79 Å². The van der Waals surface area contributed by atoms with Gasteiger partial charge in [-0.3, -0.25) is 20.1 Å². The number of aliphatic carboxylic acids is 1. The van der Waals surface area contributed by atoms with Crippen LogP contribution in [0.25, 0.3) is 0 Å². The molecule has 8 heteroatoms. The summed E-state index contributed by atoms with van der Waals surface area (Å²) in [6.45, 7) is 0. The van der Waals surface area contributed by atoms with Crippen LogP contribution in [-0.4, -0.2) is 34.3 Å². The molecule has 6 N–H and O–H groups in total. The third-order valence-electron chi connectivity index (χ3n) is 1.35. The highest BCUT2D eigenvalue weighted by atomic mass is 16.5. The summed E-state index contributed by atoms with van der Waals surface area (Å²) in [6, 6.07) is -2.21. The Bertz CT molecular complexity index is 242. The van der Waals surface area contributed by atoms with Gasteiger partial charge in [0.05, 0.1) is 0 Å². The summed E-state index contributed by atoms with van der Waals surface area (Å²) in [6.07, 6.45) is -0.291. The Kier molecular flexibility index (Phi) is 5.19. The van der Waals surface area contributed by atoms with Crippen LogP contribution in [0.2, 0.25) is 0 Å². The zero-order valence-electron chi connectivity index (χ0n) is 7.19. The molecule has 8 nitrogen and oxygen atoms in total. The van der Waals surface area contributed by atoms with Crippen molar-refractivity contribution in [2.45, 2.75) is 18.9 Å². The Balaban J connectivity index is 3.74. The van der Waals surface area contributed by atoms with Crippen LogP contribution < -0.4 is 16.5 Å². The standard InChI is InChI=1S/C6H11N3O5/c7-3(5(11)12)1-2-4(10)8-6(13)9-14/h3,14H,1-2,7H2,(H,11,12)(H2,8,9,10,13)/t3-/m0/s1. The summed E-state index contributed by atoms with van der Waals surface area (Å²) < 4.78 is 0. The Morgan fingerprint density at radius 2 is 1.93 bits per heavy atom. The van der Waals surface area contributed by atoms with E-state index < -0.39 is 23.9 Å². The molecule has 0 aromatic heterocycles. The largest absolute Gasteiger partial charge is 0.480 e. The summed E-state index contributed by atoms with van der Waals surface area (Å²) in [5.41, 5.74) is 6.29. The van der Waals surface area contributed by atoms with E-state index in [1.807, 2.05) is 0 Å². The van der Waals surface area contributed by atoms with Gasteiger partial charge in [-0.1, -0.05) is 0 Å². The number of amides is 3. The van der Waals surface area contributed by atoms with Crippen LogP contribution in [0.5, 0.6) is 0 Å². The van der Waals surface area contributed by atoms with Crippen LogP contribution in [-0.2, 0) is 9.59 Å². The zero-order chi connectivity index (χ0) is 11.1. The van der Waals surface area contributed by atoms with Crippen molar-refractivity contribution in [3.63, 3.8) is 0 Å². The van der Waals surface area contributed by atoms with E-state index in [-0.39, 0.29) is 12.8 Å². The van der Waals surface area contributed by atoms with Crippen molar-refractivity contribution in [3.8, 4) is 0 Å². The average molecular weight is 205 g/mol. The van der Waals surface area contributed by atoms with Crippen molar-refractivity contribution in [1.82, 2.24) is 10.8 Å². The molecule has 0 aromatic rings. The molecule has 0 heterocycles. The number of carbonyl (C=O) groups excluding carboxylic acids is 2. The minimum Gasteiger partial charge on any atom is -0.480 e. The predicted molar refractivity (Wildman–Crippen MR) is 43.3 cm³/mol. The molecule has 0 aliphatic rings. The molecule has 0 aliphatic carbocycles. The van der Waals surface area contributed by atoms with Crippen molar-refractivity contribution in [2.24, 2.45) is 5.73 Å². The fourth-order valence-corrected chi connectivity index (χ4v) is 0.627. The summed E-state index contributed by atoms with van der Waals surface area (Å²) in [4.78, 5) is 31.4. The molecule has 0 saturated carbocycles. The molecular weight excluding hydrogens is 194 g/mol. The SMILES string of the molecule is N[C@@H](CCC(=O)NC(=O)NO)C(=O)O. The smallest absolute Gasteiger partial charge is 0.345 e. The lowest BCUT2D eigenvalue weighted by atomic mass is 10.1. The number of nitrogens with two attached hydrogens (primary N) is 1. The number of hydrogen-bond acceptors (Lipinski definition) is 5. The summed E-state index contributed by atoms with van der Waals surface area (Å²) in [7, 11) is 0. The molecule has 1 atom stereocenters. The number of carbonyl (C=O) groups is 3. The predicted octanol–water partition coefficient (Wildman–Crippen LogP) is -1.61. The van der Waals surface area contributed by atoms with Gasteiger partial charge in [-0.05, 0) is 6.42 Å². The van der Waals surface area contributed by atoms with Crippen molar-refractivity contribution in [2.75, 3.05) is 0 Å². The maximum absolute atomic E-state index is 10.8. The number of carboxylic acids is 1. The van der Waals surface area contributed by atoms with E-state index in [0.29, 0.717) is 0 Å². The summed E-state index contributed by atoms with van der Waals surface area (Å²) >= 11 is 0. The van der Waals surface area contributed by atoms with Crippen LogP contribution in [0.3, 0.4) is 0 Å². The van der Waals surface area contributed by atoms with Crippen LogP contribution in [0.1, 0.15) is 12.8 Å². The first-order valence-electron chi connectivity index (χ1n) is 3.69. The highest BCUT2D eigenvalue weighted by Crippen LogP contribution is 1.94. The molecular formula is C6H11N3O5. The van der Waals surface area contributed by atoms with Gasteiger partial charge < -0.3 is 10.8 Å². The lowest BCUT2D eigenvalue weighted by molar-refractivity contribution is -0.138. The summed E-state index contributed by atoms with van der Waals surface area (Å²) in [5, 5.41) is 18.1. The normalized spacial score (nSPS) is 11.6. The van der Waals surface area contributed by atoms with E-state index in [1.165, 1.54) is 5.48 Å². The molecule has 0 unspecified atom stereocenters. The second-order valence-corrected chi connectivity index (χ2v) is 2.47. The number of hydrogen-bond donors (Lipinski definition) is 5. The number of nitrogens with one attached hydrogen (secondary N) is 2. The first kappa shape index (κ1) is 12.3. The number of urea groups is 1. The van der Waals surface area contributed by atoms with Crippen molar-refractivity contribution in [3.05, 3.63) is 0 Å². The highest BCUT2D eigenvalue weighted by molar-refractivity contribution is 5.93. The van der Waals surface area contributed by atoms with Crippen molar-refractivity contribution in [1.29, 1.82) is 0 Å². The average Bonchev–Trinajstić information content (AvgIpc) is 2.13. The second kappa shape index (κ2) is 5.89. The monoisotopic (exact) mass is 205 g/mol. The van der Waals surface area contributed by atoms with E-state index in [2.05, 4.69) is 0 Å². The van der Waals surface area contributed by atoms with Crippen LogP contribution >= 0.6 is 0 Å². The fourth-order valence-electron chi connectivity index (χ4n) is 0.627. The Morgan fingerprint density at radius 3 is 2.36 bits per heavy atom. The molecule has 0 radical (unpaired) electrons. The molecule has 0 rings (SSSR count). The maximum Gasteiger partial charge on any atom is 0.345 e. The first-order chi connectivity index (χ1) is 6.47. The van der Waals surface area contributed by atoms with E-state index in [1.54, 1.807) is 5.32 Å². The lowest BCUT2D eigenvalue weighted by Gasteiger charge is -2.05. The Hall–Kier alpha value is -1.67. The van der Waals surface area contributed by atoms with E-state index in [4.69, 9.17) is 16.0 Å². The molecule has 0 aromatic carbocycles. The van der Waals surface area contributed by atoms with Gasteiger partial charge in [0, 0.05) is 6.42 Å². The minimum absolute atomic E-state index is 0.0835. The van der Waals surface area contributed by atoms with Gasteiger partial charge in [0.1, 0.15) is 6.04 Å². The molecule has 3 amide bonds. The first-order valence-corrected chi connectivity index (χ1v) is 3.69. The van der Waals surface area contributed by atoms with E-state index in [0.717, 1.165) is 0 Å². The van der Waals surface area contributed by atoms with Gasteiger partial charge in [0.25, 0.3) is 0 Å². The van der Waals surface area contributed by atoms with Crippen molar-refractivity contribution < 1.29 is 24.7 Å². The van der Waals surface area contributed by atoms with Crippen LogP contribution in [0.15, 0.2) is 0 Å². The van der Waals surface area contributed by atoms with E-state index in [9.17, 15) is 14.4 Å². The quantitative estimate of drug-likeness (QED) is 0.276. The number of hydroxylamine groups is 1. The van der Waals surface area contributed by atoms with Gasteiger partial charge >= 0.3 is 12.0 Å². The van der Waals surface area contributed by atoms with Gasteiger partial charge in [-0.15, -0.1) is 0 Å². The number of imide groups is 1. The topological polar surface area (TPSA) is 142 Å². The zero-order valence-corrected chi connectivity index (χ0v) is 7.19. The summed E-state index contributed by atoms with van der Waals surface area (Å²) in [5.74, 6) is -1.93. The van der Waals surface area contributed by atoms with E-state index >= 15 is 0 Å². The third-order valence-corrected chi connectivity index (χ3v) is 1.35. The molecule has 0 saturated heterocycles. The second-order valence-electron chi connectivity index (χ2n) is 2.47. The molecule has 14 heavy (non-hydrogen) atoms. The van der Waals surface area contributed by atoms with Gasteiger partial charge in [0.15, 0.2) is 0 Å². The number of carboxylic acid groups (broad SMARTS) is 1. The molecule has 0 fully saturated rings. The lowest BCUT2D eigenvalue weighted by Crippen LogP contribution is -2.39. The van der Waals surface area contributed by atoms with Crippen molar-refractivity contribution >= 4 is 17.9 Å². The minimum atomic E-state index is -1.22. The molecule has 80 valence electrons. The third kappa shape index (κ3) is 5.06.